The van der Waals surface area contributed by atoms with E-state index in [1.54, 1.807) is 6.92 Å². The largest absolute Gasteiger partial charge is 0.486 e. The molecular weight excluding hydrogens is 508 g/mol. The Labute approximate surface area is 226 Å². The van der Waals surface area contributed by atoms with Crippen molar-refractivity contribution >= 4 is 40.0 Å². The minimum absolute atomic E-state index is 0.144. The first-order chi connectivity index (χ1) is 17.8. The maximum Gasteiger partial charge on any atom is 0.341 e. The van der Waals surface area contributed by atoms with Crippen LogP contribution in [0, 0.1) is 5.92 Å². The van der Waals surface area contributed by atoms with E-state index < -0.39 is 0 Å². The van der Waals surface area contributed by atoms with E-state index in [-0.39, 0.29) is 24.2 Å². The van der Waals surface area contributed by atoms with Crippen LogP contribution in [0.2, 0.25) is 0 Å². The second-order valence-electron chi connectivity index (χ2n) is 9.58. The molecule has 0 saturated carbocycles. The fourth-order valence-electron chi connectivity index (χ4n) is 4.24. The summed E-state index contributed by atoms with van der Waals surface area (Å²) in [5.74, 6) is 2.04. The van der Waals surface area contributed by atoms with Crippen molar-refractivity contribution < 1.29 is 19.1 Å². The van der Waals surface area contributed by atoms with Crippen molar-refractivity contribution in [3.05, 3.63) is 51.7 Å². The maximum atomic E-state index is 12.8. The van der Waals surface area contributed by atoms with Gasteiger partial charge >= 0.3 is 5.97 Å². The van der Waals surface area contributed by atoms with Gasteiger partial charge in [0.25, 0.3) is 0 Å². The van der Waals surface area contributed by atoms with Gasteiger partial charge in [-0.3, -0.25) is 4.79 Å². The average molecular weight is 543 g/mol. The van der Waals surface area contributed by atoms with E-state index in [1.165, 1.54) is 33.5 Å². The molecule has 1 aliphatic carbocycles. The van der Waals surface area contributed by atoms with E-state index in [9.17, 15) is 9.59 Å². The van der Waals surface area contributed by atoms with Gasteiger partial charge in [0, 0.05) is 11.9 Å². The summed E-state index contributed by atoms with van der Waals surface area (Å²) in [6.45, 7) is 8.88. The molecule has 2 heterocycles. The highest BCUT2D eigenvalue weighted by Gasteiger charge is 2.29. The zero-order chi connectivity index (χ0) is 26.5. The number of carbonyl (C=O) groups excluding carboxylic acids is 2. The SMILES string of the molecule is CCOC(=O)c1c(NC(=O)CSc2nnc(COc3ccc(C(C)C)cc3)n2C)sc2c1CCC(C)C2. The molecule has 0 bridgehead atoms. The number of rotatable bonds is 10. The number of thiophene rings is 1. The van der Waals surface area contributed by atoms with Gasteiger partial charge in [-0.25, -0.2) is 4.79 Å². The summed E-state index contributed by atoms with van der Waals surface area (Å²) in [5.41, 5.74) is 2.81. The standard InChI is InChI=1S/C27H34N4O4S2/c1-6-34-26(33)24-20-12-7-17(4)13-21(20)37-25(24)28-23(32)15-36-27-30-29-22(31(27)5)14-35-19-10-8-18(9-11-19)16(2)3/h8-11,16-17H,6-7,12-15H2,1-5H3,(H,28,32). The molecule has 0 aliphatic heterocycles. The Kier molecular flexibility index (Phi) is 8.91. The van der Waals surface area contributed by atoms with E-state index >= 15 is 0 Å². The number of nitrogens with zero attached hydrogens (tertiary/aromatic N) is 3. The molecule has 2 aromatic heterocycles. The average Bonchev–Trinajstić information content (AvgIpc) is 3.40. The number of nitrogens with one attached hydrogen (secondary N) is 1. The van der Waals surface area contributed by atoms with Crippen molar-refractivity contribution in [2.75, 3.05) is 17.7 Å². The highest BCUT2D eigenvalue weighted by molar-refractivity contribution is 7.99. The summed E-state index contributed by atoms with van der Waals surface area (Å²) in [5, 5.41) is 12.6. The molecule has 1 aromatic carbocycles. The van der Waals surface area contributed by atoms with Gasteiger partial charge in [0.2, 0.25) is 5.91 Å². The molecule has 1 aliphatic rings. The molecule has 1 atom stereocenters. The van der Waals surface area contributed by atoms with Gasteiger partial charge in [-0.15, -0.1) is 21.5 Å². The number of hydrogen-bond donors (Lipinski definition) is 1. The van der Waals surface area contributed by atoms with Crippen LogP contribution in [0.15, 0.2) is 29.4 Å². The van der Waals surface area contributed by atoms with Gasteiger partial charge in [-0.2, -0.15) is 0 Å². The summed E-state index contributed by atoms with van der Waals surface area (Å²) < 4.78 is 13.0. The Hall–Kier alpha value is -2.85. The first-order valence-corrected chi connectivity index (χ1v) is 14.4. The lowest BCUT2D eigenvalue weighted by atomic mass is 9.88. The molecule has 198 valence electrons. The third-order valence-corrected chi connectivity index (χ3v) is 8.61. The molecule has 0 fully saturated rings. The van der Waals surface area contributed by atoms with Crippen molar-refractivity contribution in [1.29, 1.82) is 0 Å². The third kappa shape index (κ3) is 6.54. The molecule has 0 saturated heterocycles. The fraction of sp³-hybridized carbons (Fsp3) is 0.481. The number of thioether (sulfide) groups is 1. The Morgan fingerprint density at radius 1 is 1.24 bits per heavy atom. The highest BCUT2D eigenvalue weighted by Crippen LogP contribution is 2.40. The smallest absolute Gasteiger partial charge is 0.341 e. The first kappa shape index (κ1) is 27.2. The van der Waals surface area contributed by atoms with Crippen LogP contribution >= 0.6 is 23.1 Å². The number of ether oxygens (including phenoxy) is 2. The monoisotopic (exact) mass is 542 g/mol. The normalized spacial score (nSPS) is 14.9. The molecule has 1 unspecified atom stereocenters. The molecular formula is C27H34N4O4S2. The second-order valence-corrected chi connectivity index (χ2v) is 11.6. The number of benzene rings is 1. The van der Waals surface area contributed by atoms with Crippen LogP contribution in [0.25, 0.3) is 0 Å². The maximum absolute atomic E-state index is 12.8. The molecule has 4 rings (SSSR count). The summed E-state index contributed by atoms with van der Waals surface area (Å²) in [4.78, 5) is 26.7. The molecule has 0 spiro atoms. The number of esters is 1. The lowest BCUT2D eigenvalue weighted by Crippen LogP contribution is -2.18. The highest BCUT2D eigenvalue weighted by atomic mass is 32.2. The lowest BCUT2D eigenvalue weighted by Gasteiger charge is -2.18. The lowest BCUT2D eigenvalue weighted by molar-refractivity contribution is -0.113. The molecule has 1 amide bonds. The van der Waals surface area contributed by atoms with Crippen molar-refractivity contribution in [2.45, 2.75) is 64.6 Å². The zero-order valence-electron chi connectivity index (χ0n) is 22.0. The predicted octanol–water partition coefficient (Wildman–Crippen LogP) is 5.61. The van der Waals surface area contributed by atoms with Crippen molar-refractivity contribution in [3.8, 4) is 5.75 Å². The van der Waals surface area contributed by atoms with E-state index in [4.69, 9.17) is 9.47 Å². The number of amides is 1. The molecule has 0 radical (unpaired) electrons. The molecule has 10 heteroatoms. The van der Waals surface area contributed by atoms with Crippen molar-refractivity contribution in [1.82, 2.24) is 14.8 Å². The zero-order valence-corrected chi connectivity index (χ0v) is 23.6. The van der Waals surface area contributed by atoms with Crippen LogP contribution in [0.4, 0.5) is 5.00 Å². The second kappa shape index (κ2) is 12.1. The van der Waals surface area contributed by atoms with Gasteiger partial charge in [0.1, 0.15) is 17.4 Å². The van der Waals surface area contributed by atoms with Crippen LogP contribution in [-0.2, 0) is 36.0 Å². The molecule has 37 heavy (non-hydrogen) atoms. The van der Waals surface area contributed by atoms with Crippen LogP contribution < -0.4 is 10.1 Å². The van der Waals surface area contributed by atoms with E-state index in [1.807, 2.05) is 23.7 Å². The Morgan fingerprint density at radius 3 is 2.70 bits per heavy atom. The first-order valence-electron chi connectivity index (χ1n) is 12.6. The van der Waals surface area contributed by atoms with Crippen molar-refractivity contribution in [2.24, 2.45) is 13.0 Å². The van der Waals surface area contributed by atoms with Gasteiger partial charge in [-0.05, 0) is 61.3 Å². The Bertz CT molecular complexity index is 1250. The minimum atomic E-state index is -0.366. The van der Waals surface area contributed by atoms with Crippen LogP contribution in [0.1, 0.15) is 72.2 Å². The number of carbonyl (C=O) groups is 2. The summed E-state index contributed by atoms with van der Waals surface area (Å²) in [7, 11) is 1.86. The van der Waals surface area contributed by atoms with Crippen LogP contribution in [-0.4, -0.2) is 39.0 Å². The number of anilines is 1. The van der Waals surface area contributed by atoms with Crippen molar-refractivity contribution in [3.63, 3.8) is 0 Å². The summed E-state index contributed by atoms with van der Waals surface area (Å²) in [6, 6.07) is 8.04. The van der Waals surface area contributed by atoms with Gasteiger partial charge in [0.15, 0.2) is 11.0 Å². The molecule has 1 N–H and O–H groups in total. The van der Waals surface area contributed by atoms with Gasteiger partial charge in [0.05, 0.1) is 17.9 Å². The fourth-order valence-corrected chi connectivity index (χ4v) is 6.39. The van der Waals surface area contributed by atoms with Crippen LogP contribution in [0.5, 0.6) is 5.75 Å². The van der Waals surface area contributed by atoms with Gasteiger partial charge in [-0.1, -0.05) is 44.7 Å². The Balaban J connectivity index is 1.36. The van der Waals surface area contributed by atoms with Gasteiger partial charge < -0.3 is 19.4 Å². The molecule has 8 nitrogen and oxygen atoms in total. The Morgan fingerprint density at radius 2 is 2.00 bits per heavy atom. The number of aromatic nitrogens is 3. The van der Waals surface area contributed by atoms with E-state index in [0.717, 1.165) is 30.6 Å². The minimum Gasteiger partial charge on any atom is -0.486 e. The predicted molar refractivity (Wildman–Crippen MR) is 147 cm³/mol. The summed E-state index contributed by atoms with van der Waals surface area (Å²) >= 11 is 2.78. The number of hydrogen-bond acceptors (Lipinski definition) is 8. The van der Waals surface area contributed by atoms with E-state index in [0.29, 0.717) is 40.0 Å². The molecule has 3 aromatic rings. The topological polar surface area (TPSA) is 95.3 Å². The van der Waals surface area contributed by atoms with E-state index in [2.05, 4.69) is 48.4 Å². The number of fused-ring (bicyclic) bond motifs is 1. The van der Waals surface area contributed by atoms with Crippen LogP contribution in [0.3, 0.4) is 0 Å². The third-order valence-electron chi connectivity index (χ3n) is 6.42. The quantitative estimate of drug-likeness (QED) is 0.263. The summed E-state index contributed by atoms with van der Waals surface area (Å²) in [6.07, 6.45) is 2.78.